The fraction of sp³-hybridized carbons (Fsp3) is 0.400. The maximum Gasteiger partial charge on any atom is 0.122 e. The van der Waals surface area contributed by atoms with Crippen molar-refractivity contribution in [3.8, 4) is 5.75 Å². The molecule has 0 heterocycles. The van der Waals surface area contributed by atoms with E-state index in [1.807, 2.05) is 0 Å². The Balaban J connectivity index is 2.36. The molecule has 0 amide bonds. The number of methoxy groups -OCH3 is 1. The van der Waals surface area contributed by atoms with Gasteiger partial charge in [-0.1, -0.05) is 42.8 Å². The van der Waals surface area contributed by atoms with Crippen molar-refractivity contribution in [3.05, 3.63) is 64.2 Å². The molecule has 0 saturated carbocycles. The van der Waals surface area contributed by atoms with Crippen molar-refractivity contribution in [2.24, 2.45) is 5.73 Å². The molecular weight excluding hydrogens is 270 g/mol. The molecule has 2 rings (SSSR count). The maximum atomic E-state index is 6.09. The molecule has 118 valence electrons. The summed E-state index contributed by atoms with van der Waals surface area (Å²) in [6.07, 6.45) is 1.95. The summed E-state index contributed by atoms with van der Waals surface area (Å²) in [5.74, 6) is 1.28. The number of hydrogen-bond donors (Lipinski definition) is 1. The van der Waals surface area contributed by atoms with E-state index in [0.717, 1.165) is 18.6 Å². The van der Waals surface area contributed by atoms with Gasteiger partial charge in [0.2, 0.25) is 0 Å². The molecule has 2 N–H and O–H groups in total. The number of nitrogens with two attached hydrogens (primary N) is 1. The lowest BCUT2D eigenvalue weighted by Gasteiger charge is -2.20. The van der Waals surface area contributed by atoms with Gasteiger partial charge < -0.3 is 10.5 Å². The van der Waals surface area contributed by atoms with E-state index in [1.165, 1.54) is 27.8 Å². The first-order valence-corrected chi connectivity index (χ1v) is 8.02. The van der Waals surface area contributed by atoms with E-state index in [2.05, 4.69) is 57.2 Å². The number of benzene rings is 2. The van der Waals surface area contributed by atoms with Crippen LogP contribution in [0.1, 0.15) is 40.7 Å². The molecule has 1 unspecified atom stereocenters. The largest absolute Gasteiger partial charge is 0.496 e. The lowest BCUT2D eigenvalue weighted by Crippen LogP contribution is -2.17. The molecule has 0 bridgehead atoms. The second-order valence-electron chi connectivity index (χ2n) is 6.00. The van der Waals surface area contributed by atoms with Crippen LogP contribution in [0, 0.1) is 13.8 Å². The van der Waals surface area contributed by atoms with Crippen LogP contribution in [0.25, 0.3) is 0 Å². The molecule has 0 aliphatic rings. The van der Waals surface area contributed by atoms with Gasteiger partial charge in [-0.3, -0.25) is 0 Å². The van der Waals surface area contributed by atoms with Crippen LogP contribution in [0.5, 0.6) is 5.75 Å². The van der Waals surface area contributed by atoms with E-state index in [4.69, 9.17) is 10.5 Å². The average Bonchev–Trinajstić information content (AvgIpc) is 2.54. The van der Waals surface area contributed by atoms with Crippen molar-refractivity contribution < 1.29 is 4.74 Å². The van der Waals surface area contributed by atoms with Crippen molar-refractivity contribution >= 4 is 0 Å². The molecule has 2 nitrogen and oxygen atoms in total. The van der Waals surface area contributed by atoms with E-state index in [-0.39, 0.29) is 0 Å². The zero-order chi connectivity index (χ0) is 16.1. The Morgan fingerprint density at radius 2 is 1.86 bits per heavy atom. The molecule has 0 radical (unpaired) electrons. The van der Waals surface area contributed by atoms with Gasteiger partial charge in [0.05, 0.1) is 7.11 Å². The van der Waals surface area contributed by atoms with E-state index >= 15 is 0 Å². The monoisotopic (exact) mass is 297 g/mol. The molecule has 0 saturated heterocycles. The van der Waals surface area contributed by atoms with Gasteiger partial charge in [-0.25, -0.2) is 0 Å². The Labute approximate surface area is 134 Å². The van der Waals surface area contributed by atoms with Gasteiger partial charge in [0.25, 0.3) is 0 Å². The van der Waals surface area contributed by atoms with Crippen molar-refractivity contribution in [3.63, 3.8) is 0 Å². The lowest BCUT2D eigenvalue weighted by atomic mass is 9.87. The smallest absolute Gasteiger partial charge is 0.122 e. The lowest BCUT2D eigenvalue weighted by molar-refractivity contribution is 0.408. The van der Waals surface area contributed by atoms with Crippen LogP contribution in [-0.2, 0) is 12.8 Å². The van der Waals surface area contributed by atoms with Crippen LogP contribution in [0.4, 0.5) is 0 Å². The first-order chi connectivity index (χ1) is 10.6. The topological polar surface area (TPSA) is 35.2 Å². The summed E-state index contributed by atoms with van der Waals surface area (Å²) in [6, 6.07) is 13.1. The molecule has 1 atom stereocenters. The quantitative estimate of drug-likeness (QED) is 0.869. The van der Waals surface area contributed by atoms with E-state index in [9.17, 15) is 0 Å². The van der Waals surface area contributed by atoms with Gasteiger partial charge in [0, 0.05) is 5.92 Å². The third-order valence-corrected chi connectivity index (χ3v) is 4.38. The summed E-state index contributed by atoms with van der Waals surface area (Å²) < 4.78 is 5.54. The number of aryl methyl sites for hydroxylation is 3. The summed E-state index contributed by atoms with van der Waals surface area (Å²) in [6.45, 7) is 7.12. The van der Waals surface area contributed by atoms with Crippen LogP contribution >= 0.6 is 0 Å². The Morgan fingerprint density at radius 1 is 1.09 bits per heavy atom. The Morgan fingerprint density at radius 3 is 2.50 bits per heavy atom. The molecule has 0 aliphatic heterocycles. The first-order valence-electron chi connectivity index (χ1n) is 8.02. The molecule has 0 aliphatic carbocycles. The van der Waals surface area contributed by atoms with Crippen molar-refractivity contribution in [2.75, 3.05) is 13.7 Å². The fourth-order valence-corrected chi connectivity index (χ4v) is 3.00. The summed E-state index contributed by atoms with van der Waals surface area (Å²) in [5, 5.41) is 0. The van der Waals surface area contributed by atoms with Crippen LogP contribution in [0.2, 0.25) is 0 Å². The highest BCUT2D eigenvalue weighted by Crippen LogP contribution is 2.29. The molecule has 2 heteroatoms. The van der Waals surface area contributed by atoms with Gasteiger partial charge in [-0.15, -0.1) is 0 Å². The van der Waals surface area contributed by atoms with E-state index < -0.39 is 0 Å². The SMILES string of the molecule is CCc1ccc(OC)c(CC(CN)c2cc(C)ccc2C)c1. The number of hydrogen-bond acceptors (Lipinski definition) is 2. The van der Waals surface area contributed by atoms with E-state index in [0.29, 0.717) is 12.5 Å². The minimum absolute atomic E-state index is 0.320. The minimum Gasteiger partial charge on any atom is -0.496 e. The normalized spacial score (nSPS) is 12.2. The number of ether oxygens (including phenoxy) is 1. The van der Waals surface area contributed by atoms with Gasteiger partial charge in [0.1, 0.15) is 5.75 Å². The third kappa shape index (κ3) is 3.69. The third-order valence-electron chi connectivity index (χ3n) is 4.38. The second-order valence-corrected chi connectivity index (χ2v) is 6.00. The van der Waals surface area contributed by atoms with Crippen LogP contribution in [0.15, 0.2) is 36.4 Å². The molecular formula is C20H27NO. The average molecular weight is 297 g/mol. The second kappa shape index (κ2) is 7.46. The Hall–Kier alpha value is -1.80. The van der Waals surface area contributed by atoms with Gasteiger partial charge in [0.15, 0.2) is 0 Å². The van der Waals surface area contributed by atoms with Crippen molar-refractivity contribution in [2.45, 2.75) is 39.5 Å². The predicted octanol–water partition coefficient (Wildman–Crippen LogP) is 4.16. The summed E-state index contributed by atoms with van der Waals surface area (Å²) in [4.78, 5) is 0. The number of rotatable bonds is 6. The van der Waals surface area contributed by atoms with Gasteiger partial charge >= 0.3 is 0 Å². The van der Waals surface area contributed by atoms with E-state index in [1.54, 1.807) is 7.11 Å². The predicted molar refractivity (Wildman–Crippen MR) is 93.8 cm³/mol. The van der Waals surface area contributed by atoms with Gasteiger partial charge in [-0.05, 0) is 61.6 Å². The standard InChI is InChI=1S/C20H27NO/c1-5-16-8-9-20(22-4)17(11-16)12-18(13-21)19-10-14(2)6-7-15(19)3/h6-11,18H,5,12-13,21H2,1-4H3. The highest BCUT2D eigenvalue weighted by molar-refractivity contribution is 5.41. The van der Waals surface area contributed by atoms with Crippen LogP contribution < -0.4 is 10.5 Å². The highest BCUT2D eigenvalue weighted by atomic mass is 16.5. The minimum atomic E-state index is 0.320. The van der Waals surface area contributed by atoms with Gasteiger partial charge in [-0.2, -0.15) is 0 Å². The zero-order valence-electron chi connectivity index (χ0n) is 14.1. The maximum absolute atomic E-state index is 6.09. The fourth-order valence-electron chi connectivity index (χ4n) is 3.00. The first kappa shape index (κ1) is 16.6. The Kier molecular flexibility index (Phi) is 5.62. The Bertz CT molecular complexity index is 634. The molecule has 0 spiro atoms. The van der Waals surface area contributed by atoms with Crippen LogP contribution in [0.3, 0.4) is 0 Å². The summed E-state index contributed by atoms with van der Waals surface area (Å²) >= 11 is 0. The molecule has 22 heavy (non-hydrogen) atoms. The molecule has 0 fully saturated rings. The summed E-state index contributed by atoms with van der Waals surface area (Å²) in [7, 11) is 1.74. The highest BCUT2D eigenvalue weighted by Gasteiger charge is 2.16. The van der Waals surface area contributed by atoms with Crippen molar-refractivity contribution in [1.82, 2.24) is 0 Å². The molecule has 2 aromatic rings. The molecule has 2 aromatic carbocycles. The van der Waals surface area contributed by atoms with Crippen LogP contribution in [-0.4, -0.2) is 13.7 Å². The van der Waals surface area contributed by atoms with Crippen molar-refractivity contribution in [1.29, 1.82) is 0 Å². The molecule has 0 aromatic heterocycles. The summed E-state index contributed by atoms with van der Waals surface area (Å²) in [5.41, 5.74) is 12.6. The zero-order valence-corrected chi connectivity index (χ0v) is 14.1.